The van der Waals surface area contributed by atoms with Crippen molar-refractivity contribution in [1.82, 2.24) is 9.97 Å². The smallest absolute Gasteiger partial charge is 0.257 e. The predicted molar refractivity (Wildman–Crippen MR) is 78.0 cm³/mol. The summed E-state index contributed by atoms with van der Waals surface area (Å²) >= 11 is 3.33. The Morgan fingerprint density at radius 3 is 2.68 bits per heavy atom. The van der Waals surface area contributed by atoms with Crippen molar-refractivity contribution < 1.29 is 4.79 Å². The summed E-state index contributed by atoms with van der Waals surface area (Å²) in [6.45, 7) is 3.66. The standard InChI is InChI=1S/C13H13BrN4O/c1-7-3-10(14)6-16-12(7)18-13(19)9-4-8(2)17-11(15)5-9/h3-6H,1-2H3,(H2,15,17)(H,16,18,19). The molecule has 3 N–H and O–H groups in total. The number of aryl methyl sites for hydroxylation is 2. The molecule has 2 heterocycles. The van der Waals surface area contributed by atoms with Crippen molar-refractivity contribution in [1.29, 1.82) is 0 Å². The number of anilines is 2. The van der Waals surface area contributed by atoms with E-state index in [9.17, 15) is 4.79 Å². The van der Waals surface area contributed by atoms with E-state index in [0.717, 1.165) is 10.0 Å². The lowest BCUT2D eigenvalue weighted by Crippen LogP contribution is -2.15. The van der Waals surface area contributed by atoms with E-state index in [1.54, 1.807) is 19.2 Å². The van der Waals surface area contributed by atoms with Crippen LogP contribution < -0.4 is 11.1 Å². The van der Waals surface area contributed by atoms with Crippen LogP contribution in [0.2, 0.25) is 0 Å². The lowest BCUT2D eigenvalue weighted by atomic mass is 10.2. The van der Waals surface area contributed by atoms with Crippen molar-refractivity contribution in [3.63, 3.8) is 0 Å². The Morgan fingerprint density at radius 1 is 1.32 bits per heavy atom. The van der Waals surface area contributed by atoms with Crippen LogP contribution in [0.5, 0.6) is 0 Å². The first-order valence-corrected chi connectivity index (χ1v) is 6.42. The molecular weight excluding hydrogens is 308 g/mol. The second-order valence-electron chi connectivity index (χ2n) is 4.20. The van der Waals surface area contributed by atoms with Crippen LogP contribution in [0.15, 0.2) is 28.9 Å². The molecule has 0 aliphatic rings. The number of nitrogens with zero attached hydrogens (tertiary/aromatic N) is 2. The molecule has 0 unspecified atom stereocenters. The number of hydrogen-bond donors (Lipinski definition) is 2. The second-order valence-corrected chi connectivity index (χ2v) is 5.11. The van der Waals surface area contributed by atoms with E-state index in [1.165, 1.54) is 6.07 Å². The largest absolute Gasteiger partial charge is 0.384 e. The average molecular weight is 321 g/mol. The molecular formula is C13H13BrN4O. The van der Waals surface area contributed by atoms with Gasteiger partial charge in [0.1, 0.15) is 11.6 Å². The van der Waals surface area contributed by atoms with Gasteiger partial charge >= 0.3 is 0 Å². The number of carbonyl (C=O) groups is 1. The molecule has 0 aliphatic heterocycles. The summed E-state index contributed by atoms with van der Waals surface area (Å²) < 4.78 is 0.868. The summed E-state index contributed by atoms with van der Waals surface area (Å²) in [5.41, 5.74) is 7.67. The molecule has 0 atom stereocenters. The molecule has 0 spiro atoms. The van der Waals surface area contributed by atoms with Crippen LogP contribution in [0, 0.1) is 13.8 Å². The highest BCUT2D eigenvalue weighted by molar-refractivity contribution is 9.10. The Labute approximate surface area is 119 Å². The van der Waals surface area contributed by atoms with Crippen molar-refractivity contribution in [3.05, 3.63) is 45.7 Å². The summed E-state index contributed by atoms with van der Waals surface area (Å²) in [7, 11) is 0. The van der Waals surface area contributed by atoms with Gasteiger partial charge in [-0.3, -0.25) is 4.79 Å². The highest BCUT2D eigenvalue weighted by Gasteiger charge is 2.10. The van der Waals surface area contributed by atoms with Gasteiger partial charge in [-0.15, -0.1) is 0 Å². The van der Waals surface area contributed by atoms with Crippen molar-refractivity contribution in [2.24, 2.45) is 0 Å². The van der Waals surface area contributed by atoms with E-state index in [2.05, 4.69) is 31.2 Å². The van der Waals surface area contributed by atoms with Crippen LogP contribution in [0.1, 0.15) is 21.6 Å². The Kier molecular flexibility index (Phi) is 3.80. The van der Waals surface area contributed by atoms with E-state index in [0.29, 0.717) is 22.9 Å². The Morgan fingerprint density at radius 2 is 2.05 bits per heavy atom. The Hall–Kier alpha value is -1.95. The van der Waals surface area contributed by atoms with Gasteiger partial charge in [-0.1, -0.05) is 0 Å². The third-order valence-electron chi connectivity index (χ3n) is 2.51. The monoisotopic (exact) mass is 320 g/mol. The maximum atomic E-state index is 12.1. The van der Waals surface area contributed by atoms with E-state index in [4.69, 9.17) is 5.73 Å². The molecule has 6 heteroatoms. The molecule has 0 aliphatic carbocycles. The van der Waals surface area contributed by atoms with Gasteiger partial charge < -0.3 is 11.1 Å². The van der Waals surface area contributed by atoms with E-state index < -0.39 is 0 Å². The lowest BCUT2D eigenvalue weighted by Gasteiger charge is -2.08. The van der Waals surface area contributed by atoms with Crippen molar-refractivity contribution in [2.75, 3.05) is 11.1 Å². The summed E-state index contributed by atoms with van der Waals surface area (Å²) in [6.07, 6.45) is 1.63. The predicted octanol–water partition coefficient (Wildman–Crippen LogP) is 2.69. The topological polar surface area (TPSA) is 80.9 Å². The highest BCUT2D eigenvalue weighted by Crippen LogP contribution is 2.18. The van der Waals surface area contributed by atoms with Crippen LogP contribution in [0.3, 0.4) is 0 Å². The van der Waals surface area contributed by atoms with Gasteiger partial charge in [0.05, 0.1) is 0 Å². The fourth-order valence-electron chi connectivity index (χ4n) is 1.68. The fraction of sp³-hybridized carbons (Fsp3) is 0.154. The molecule has 2 rings (SSSR count). The molecule has 1 amide bonds. The van der Waals surface area contributed by atoms with Crippen LogP contribution >= 0.6 is 15.9 Å². The minimum atomic E-state index is -0.255. The van der Waals surface area contributed by atoms with Gasteiger partial charge in [-0.05, 0) is 53.5 Å². The molecule has 98 valence electrons. The van der Waals surface area contributed by atoms with E-state index >= 15 is 0 Å². The van der Waals surface area contributed by atoms with Gasteiger partial charge in [0.15, 0.2) is 0 Å². The van der Waals surface area contributed by atoms with Crippen molar-refractivity contribution in [3.8, 4) is 0 Å². The number of aromatic nitrogens is 2. The number of nitrogen functional groups attached to an aromatic ring is 1. The fourth-order valence-corrected chi connectivity index (χ4v) is 2.12. The summed E-state index contributed by atoms with van der Waals surface area (Å²) in [5.74, 6) is 0.599. The minimum Gasteiger partial charge on any atom is -0.384 e. The number of nitrogens with one attached hydrogen (secondary N) is 1. The number of carbonyl (C=O) groups excluding carboxylic acids is 1. The number of hydrogen-bond acceptors (Lipinski definition) is 4. The summed E-state index contributed by atoms with van der Waals surface area (Å²) in [6, 6.07) is 5.10. The molecule has 0 saturated heterocycles. The third kappa shape index (κ3) is 3.29. The SMILES string of the molecule is Cc1cc(C(=O)Nc2ncc(Br)cc2C)cc(N)n1. The van der Waals surface area contributed by atoms with Crippen LogP contribution in [-0.4, -0.2) is 15.9 Å². The van der Waals surface area contributed by atoms with Crippen LogP contribution in [-0.2, 0) is 0 Å². The molecule has 0 saturated carbocycles. The zero-order valence-electron chi connectivity index (χ0n) is 10.6. The highest BCUT2D eigenvalue weighted by atomic mass is 79.9. The Bertz CT molecular complexity index is 622. The average Bonchev–Trinajstić information content (AvgIpc) is 2.31. The molecule has 19 heavy (non-hydrogen) atoms. The van der Waals surface area contributed by atoms with Crippen molar-refractivity contribution >= 4 is 33.5 Å². The zero-order valence-corrected chi connectivity index (χ0v) is 12.2. The number of rotatable bonds is 2. The van der Waals surface area contributed by atoms with Crippen LogP contribution in [0.25, 0.3) is 0 Å². The number of pyridine rings is 2. The number of nitrogens with two attached hydrogens (primary N) is 1. The first-order valence-electron chi connectivity index (χ1n) is 5.63. The van der Waals surface area contributed by atoms with E-state index in [-0.39, 0.29) is 5.91 Å². The summed E-state index contributed by atoms with van der Waals surface area (Å²) in [5, 5.41) is 2.75. The molecule has 0 aromatic carbocycles. The first-order chi connectivity index (χ1) is 8.95. The minimum absolute atomic E-state index is 0.255. The maximum Gasteiger partial charge on any atom is 0.257 e. The van der Waals surface area contributed by atoms with Crippen LogP contribution in [0.4, 0.5) is 11.6 Å². The number of amides is 1. The quantitative estimate of drug-likeness (QED) is 0.891. The lowest BCUT2D eigenvalue weighted by molar-refractivity contribution is 0.102. The van der Waals surface area contributed by atoms with Gasteiger partial charge in [0.2, 0.25) is 0 Å². The van der Waals surface area contributed by atoms with Gasteiger partial charge in [0.25, 0.3) is 5.91 Å². The molecule has 2 aromatic heterocycles. The molecule has 2 aromatic rings. The maximum absolute atomic E-state index is 12.1. The van der Waals surface area contributed by atoms with Gasteiger partial charge in [-0.25, -0.2) is 9.97 Å². The summed E-state index contributed by atoms with van der Waals surface area (Å²) in [4.78, 5) is 20.3. The van der Waals surface area contributed by atoms with Crippen molar-refractivity contribution in [2.45, 2.75) is 13.8 Å². The molecule has 0 radical (unpaired) electrons. The normalized spacial score (nSPS) is 10.3. The number of halogens is 1. The van der Waals surface area contributed by atoms with Gasteiger partial charge in [0, 0.05) is 21.9 Å². The van der Waals surface area contributed by atoms with E-state index in [1.807, 2.05) is 13.0 Å². The molecule has 0 bridgehead atoms. The molecule has 0 fully saturated rings. The third-order valence-corrected chi connectivity index (χ3v) is 2.95. The zero-order chi connectivity index (χ0) is 14.0. The second kappa shape index (κ2) is 5.36. The molecule has 5 nitrogen and oxygen atoms in total. The van der Waals surface area contributed by atoms with Gasteiger partial charge in [-0.2, -0.15) is 0 Å². The first kappa shape index (κ1) is 13.5. The Balaban J connectivity index is 2.25.